The van der Waals surface area contributed by atoms with Crippen LogP contribution in [0.25, 0.3) is 10.2 Å². The lowest BCUT2D eigenvalue weighted by atomic mass is 10.3. The number of primary amides is 1. The first kappa shape index (κ1) is 15.2. The van der Waals surface area contributed by atoms with Crippen LogP contribution in [0.3, 0.4) is 0 Å². The summed E-state index contributed by atoms with van der Waals surface area (Å²) < 4.78 is 13.7. The van der Waals surface area contributed by atoms with Crippen molar-refractivity contribution >= 4 is 50.0 Å². The smallest absolute Gasteiger partial charge is 0.314 e. The third-order valence-corrected chi connectivity index (χ3v) is 5.67. The van der Waals surface area contributed by atoms with Crippen molar-refractivity contribution in [3.63, 3.8) is 0 Å². The molecule has 5 nitrogen and oxygen atoms in total. The molecule has 108 valence electrons. The minimum Gasteiger partial charge on any atom is -0.351 e. The number of hydrogen-bond acceptors (Lipinski definition) is 4. The fraction of sp³-hybridized carbons (Fsp3) is 0.333. The summed E-state index contributed by atoms with van der Waals surface area (Å²) in [5.74, 6) is 0.324. The minimum atomic E-state index is -1.25. The molecule has 1 unspecified atom stereocenters. The molecule has 2 amide bonds. The van der Waals surface area contributed by atoms with Gasteiger partial charge in [0, 0.05) is 23.9 Å². The van der Waals surface area contributed by atoms with Crippen LogP contribution >= 0.6 is 22.9 Å². The third-order valence-electron chi connectivity index (χ3n) is 2.76. The maximum absolute atomic E-state index is 12.2. The molecule has 0 saturated heterocycles. The second-order valence-corrected chi connectivity index (χ2v) is 7.27. The molecule has 2 N–H and O–H groups in total. The molecule has 8 heteroatoms. The van der Waals surface area contributed by atoms with E-state index >= 15 is 0 Å². The van der Waals surface area contributed by atoms with Crippen molar-refractivity contribution in [2.45, 2.75) is 11.3 Å². The van der Waals surface area contributed by atoms with Crippen LogP contribution in [0.5, 0.6) is 0 Å². The monoisotopic (exact) mass is 331 g/mol. The van der Waals surface area contributed by atoms with E-state index in [1.807, 2.05) is 13.0 Å². The van der Waals surface area contributed by atoms with Gasteiger partial charge in [-0.1, -0.05) is 11.6 Å². The fourth-order valence-electron chi connectivity index (χ4n) is 1.68. The average molecular weight is 332 g/mol. The zero-order valence-corrected chi connectivity index (χ0v) is 13.2. The molecule has 0 spiro atoms. The quantitative estimate of drug-likeness (QED) is 0.914. The highest BCUT2D eigenvalue weighted by Crippen LogP contribution is 2.26. The largest absolute Gasteiger partial charge is 0.351 e. The van der Waals surface area contributed by atoms with E-state index in [0.29, 0.717) is 28.2 Å². The Labute approximate surface area is 128 Å². The zero-order valence-electron chi connectivity index (χ0n) is 10.8. The number of benzene rings is 1. The number of amides is 2. The first-order chi connectivity index (χ1) is 9.51. The number of nitrogens with two attached hydrogens (primary N) is 1. The predicted octanol–water partition coefficient (Wildman–Crippen LogP) is 2.46. The van der Waals surface area contributed by atoms with Crippen LogP contribution in [-0.4, -0.2) is 39.0 Å². The molecule has 0 aliphatic heterocycles. The standard InChI is InChI=1S/C12H14ClN3O2S2/c1-2-16(11(14)17)5-6-20(18)12-15-9-7-8(13)3-4-10(9)19-12/h3-4,7H,2,5-6H2,1H3,(H2,14,17). The Kier molecular flexibility index (Phi) is 4.95. The van der Waals surface area contributed by atoms with E-state index in [2.05, 4.69) is 4.98 Å². The van der Waals surface area contributed by atoms with Gasteiger partial charge in [0.1, 0.15) is 0 Å². The Bertz CT molecular complexity index is 659. The molecule has 0 saturated carbocycles. The van der Waals surface area contributed by atoms with Crippen molar-refractivity contribution < 1.29 is 9.00 Å². The lowest BCUT2D eigenvalue weighted by Crippen LogP contribution is -2.38. The summed E-state index contributed by atoms with van der Waals surface area (Å²) in [5, 5.41) is 0.603. The molecule has 1 heterocycles. The molecule has 0 aliphatic rings. The highest BCUT2D eigenvalue weighted by atomic mass is 35.5. The Balaban J connectivity index is 2.09. The summed E-state index contributed by atoms with van der Waals surface area (Å²) in [4.78, 5) is 16.8. The number of carbonyl (C=O) groups excluding carboxylic acids is 1. The summed E-state index contributed by atoms with van der Waals surface area (Å²) in [6, 6.07) is 4.88. The molecule has 2 rings (SSSR count). The van der Waals surface area contributed by atoms with Crippen LogP contribution in [0.1, 0.15) is 6.92 Å². The van der Waals surface area contributed by atoms with Gasteiger partial charge in [0.15, 0.2) is 4.34 Å². The van der Waals surface area contributed by atoms with Gasteiger partial charge in [-0.2, -0.15) is 0 Å². The number of urea groups is 1. The van der Waals surface area contributed by atoms with Crippen LogP contribution < -0.4 is 5.73 Å². The predicted molar refractivity (Wildman–Crippen MR) is 82.7 cm³/mol. The number of rotatable bonds is 5. The minimum absolute atomic E-state index is 0.324. The Morgan fingerprint density at radius 3 is 2.95 bits per heavy atom. The van der Waals surface area contributed by atoms with Gasteiger partial charge in [-0.25, -0.2) is 9.78 Å². The molecule has 0 bridgehead atoms. The number of aromatic nitrogens is 1. The number of fused-ring (bicyclic) bond motifs is 1. The molecule has 0 fully saturated rings. The van der Waals surface area contributed by atoms with E-state index in [-0.39, 0.29) is 0 Å². The second kappa shape index (κ2) is 6.51. The zero-order chi connectivity index (χ0) is 14.7. The average Bonchev–Trinajstić information content (AvgIpc) is 2.81. The summed E-state index contributed by atoms with van der Waals surface area (Å²) >= 11 is 7.27. The molecule has 0 aliphatic carbocycles. The molecule has 1 aromatic heterocycles. The highest BCUT2D eigenvalue weighted by molar-refractivity contribution is 7.87. The number of carbonyl (C=O) groups is 1. The summed E-state index contributed by atoms with van der Waals surface area (Å²) in [6.07, 6.45) is 0. The number of halogens is 1. The van der Waals surface area contributed by atoms with Crippen LogP contribution in [0.2, 0.25) is 5.02 Å². The number of nitrogens with zero attached hydrogens (tertiary/aromatic N) is 2. The van der Waals surface area contributed by atoms with Gasteiger partial charge in [-0.3, -0.25) is 4.21 Å². The maximum Gasteiger partial charge on any atom is 0.314 e. The van der Waals surface area contributed by atoms with Gasteiger partial charge in [-0.15, -0.1) is 11.3 Å². The lowest BCUT2D eigenvalue weighted by Gasteiger charge is -2.16. The van der Waals surface area contributed by atoms with Crippen molar-refractivity contribution in [1.29, 1.82) is 0 Å². The van der Waals surface area contributed by atoms with E-state index in [1.54, 1.807) is 12.1 Å². The molecule has 1 atom stereocenters. The number of thiazole rings is 1. The first-order valence-corrected chi connectivity index (χ1v) is 8.51. The summed E-state index contributed by atoms with van der Waals surface area (Å²) in [7, 11) is -1.25. The number of hydrogen-bond donors (Lipinski definition) is 1. The van der Waals surface area contributed by atoms with Gasteiger partial charge < -0.3 is 10.6 Å². The van der Waals surface area contributed by atoms with Crippen LogP contribution in [0, 0.1) is 0 Å². The van der Waals surface area contributed by atoms with Gasteiger partial charge in [0.05, 0.1) is 21.0 Å². The molecular weight excluding hydrogens is 318 g/mol. The van der Waals surface area contributed by atoms with E-state index in [1.165, 1.54) is 16.2 Å². The SMILES string of the molecule is CCN(CCS(=O)c1nc2cc(Cl)ccc2s1)C(N)=O. The van der Waals surface area contributed by atoms with E-state index in [0.717, 1.165) is 10.2 Å². The molecule has 0 radical (unpaired) electrons. The van der Waals surface area contributed by atoms with Crippen molar-refractivity contribution in [1.82, 2.24) is 9.88 Å². The van der Waals surface area contributed by atoms with E-state index < -0.39 is 16.8 Å². The normalized spacial score (nSPS) is 12.5. The molecule has 20 heavy (non-hydrogen) atoms. The summed E-state index contributed by atoms with van der Waals surface area (Å²) in [6.45, 7) is 2.68. The lowest BCUT2D eigenvalue weighted by molar-refractivity contribution is 0.213. The van der Waals surface area contributed by atoms with Crippen LogP contribution in [-0.2, 0) is 10.8 Å². The van der Waals surface area contributed by atoms with Gasteiger partial charge in [0.2, 0.25) is 0 Å². The van der Waals surface area contributed by atoms with Crippen LogP contribution in [0.15, 0.2) is 22.5 Å². The van der Waals surface area contributed by atoms with E-state index in [9.17, 15) is 9.00 Å². The molecule has 1 aromatic carbocycles. The Morgan fingerprint density at radius 1 is 1.55 bits per heavy atom. The van der Waals surface area contributed by atoms with Crippen molar-refractivity contribution in [3.05, 3.63) is 23.2 Å². The van der Waals surface area contributed by atoms with Gasteiger partial charge in [-0.05, 0) is 25.1 Å². The van der Waals surface area contributed by atoms with Crippen molar-refractivity contribution in [2.24, 2.45) is 5.73 Å². The summed E-state index contributed by atoms with van der Waals surface area (Å²) in [5.41, 5.74) is 5.95. The Morgan fingerprint density at radius 2 is 2.30 bits per heavy atom. The first-order valence-electron chi connectivity index (χ1n) is 6.00. The molecule has 2 aromatic rings. The second-order valence-electron chi connectivity index (χ2n) is 4.06. The third kappa shape index (κ3) is 3.47. The topological polar surface area (TPSA) is 76.3 Å². The fourth-order valence-corrected chi connectivity index (χ4v) is 4.18. The highest BCUT2D eigenvalue weighted by Gasteiger charge is 2.14. The maximum atomic E-state index is 12.2. The van der Waals surface area contributed by atoms with Crippen LogP contribution in [0.4, 0.5) is 4.79 Å². The molecular formula is C12H14ClN3O2S2. The van der Waals surface area contributed by atoms with Gasteiger partial charge >= 0.3 is 6.03 Å². The Hall–Kier alpha value is -1.18. The van der Waals surface area contributed by atoms with Crippen molar-refractivity contribution in [2.75, 3.05) is 18.8 Å². The van der Waals surface area contributed by atoms with E-state index in [4.69, 9.17) is 17.3 Å². The van der Waals surface area contributed by atoms with Gasteiger partial charge in [0.25, 0.3) is 0 Å². The van der Waals surface area contributed by atoms with Crippen molar-refractivity contribution in [3.8, 4) is 0 Å².